The molecular formula is C20H23FN4O3. The third-order valence-corrected chi connectivity index (χ3v) is 4.82. The first kappa shape index (κ1) is 19.9. The van der Waals surface area contributed by atoms with E-state index >= 15 is 0 Å². The Morgan fingerprint density at radius 3 is 2.89 bits per heavy atom. The number of anilines is 1. The van der Waals surface area contributed by atoms with Crippen molar-refractivity contribution >= 4 is 23.3 Å². The second-order valence-electron chi connectivity index (χ2n) is 7.11. The molecule has 2 aliphatic heterocycles. The summed E-state index contributed by atoms with van der Waals surface area (Å²) >= 11 is 0. The van der Waals surface area contributed by atoms with Crippen LogP contribution in [-0.4, -0.2) is 24.1 Å². The van der Waals surface area contributed by atoms with Gasteiger partial charge in [0.1, 0.15) is 11.6 Å². The molecule has 0 bridgehead atoms. The van der Waals surface area contributed by atoms with Crippen molar-refractivity contribution in [3.63, 3.8) is 0 Å². The number of rotatable bonds is 7. The molecule has 148 valence electrons. The largest absolute Gasteiger partial charge is 0.386 e. The molecule has 1 saturated heterocycles. The number of benzene rings is 1. The minimum Gasteiger partial charge on any atom is -0.386 e. The number of ketones is 1. The molecule has 0 spiro atoms. The summed E-state index contributed by atoms with van der Waals surface area (Å²) in [5, 5.41) is 13.6. The van der Waals surface area contributed by atoms with Crippen molar-refractivity contribution in [2.75, 3.05) is 11.9 Å². The zero-order chi connectivity index (χ0) is 20.1. The number of carbonyl (C=O) groups excluding carboxylic acids is 3. The first-order chi connectivity index (χ1) is 13.4. The van der Waals surface area contributed by atoms with Crippen LogP contribution in [0.2, 0.25) is 0 Å². The highest BCUT2D eigenvalue weighted by atomic mass is 19.1. The Labute approximate surface area is 162 Å². The molecule has 28 heavy (non-hydrogen) atoms. The molecule has 1 atom stereocenters. The number of Topliss-reactive ketones (excluding diaryl/α,β-unsaturated/α-hetero) is 1. The number of fused-ring (bicyclic) bond motifs is 1. The lowest BCUT2D eigenvalue weighted by Crippen LogP contribution is -2.34. The highest BCUT2D eigenvalue weighted by Gasteiger charge is 2.31. The number of amides is 2. The number of hydrogen-bond donors (Lipinski definition) is 2. The summed E-state index contributed by atoms with van der Waals surface area (Å²) in [7, 11) is 0. The number of hydrogen-bond acceptors (Lipinski definition) is 5. The normalized spacial score (nSPS) is 18.5. The molecule has 2 amide bonds. The van der Waals surface area contributed by atoms with Crippen LogP contribution in [0.1, 0.15) is 44.6 Å². The number of carbonyl (C=O) groups is 3. The van der Waals surface area contributed by atoms with Gasteiger partial charge in [0.05, 0.1) is 17.3 Å². The predicted octanol–water partition coefficient (Wildman–Crippen LogP) is 3.27. The average molecular weight is 386 g/mol. The molecule has 2 heterocycles. The van der Waals surface area contributed by atoms with E-state index in [1.807, 2.05) is 0 Å². The maximum atomic E-state index is 14.1. The Kier molecular flexibility index (Phi) is 6.28. The molecule has 0 radical (unpaired) electrons. The highest BCUT2D eigenvalue weighted by molar-refractivity contribution is 5.91. The van der Waals surface area contributed by atoms with Crippen LogP contribution in [0.4, 0.5) is 10.1 Å². The smallest absolute Gasteiger partial charge is 0.273 e. The van der Waals surface area contributed by atoms with Gasteiger partial charge in [-0.15, -0.1) is 10.2 Å². The van der Waals surface area contributed by atoms with Crippen molar-refractivity contribution in [3.8, 4) is 0 Å². The van der Waals surface area contributed by atoms with Gasteiger partial charge in [-0.25, -0.2) is 4.39 Å². The van der Waals surface area contributed by atoms with Crippen LogP contribution in [0.3, 0.4) is 0 Å². The van der Waals surface area contributed by atoms with Crippen LogP contribution in [0.15, 0.2) is 39.8 Å². The van der Waals surface area contributed by atoms with Crippen molar-refractivity contribution in [1.82, 2.24) is 5.32 Å². The molecule has 1 aromatic rings. The number of halogens is 1. The molecule has 0 aliphatic carbocycles. The summed E-state index contributed by atoms with van der Waals surface area (Å²) in [6, 6.07) is 4.48. The van der Waals surface area contributed by atoms with Gasteiger partial charge in [0.15, 0.2) is 0 Å². The number of nitrogens with one attached hydrogen (secondary N) is 2. The fourth-order valence-electron chi connectivity index (χ4n) is 3.39. The van der Waals surface area contributed by atoms with Crippen molar-refractivity contribution in [3.05, 3.63) is 41.0 Å². The second kappa shape index (κ2) is 8.86. The molecule has 8 heteroatoms. The van der Waals surface area contributed by atoms with Crippen molar-refractivity contribution in [2.45, 2.75) is 45.4 Å². The van der Waals surface area contributed by atoms with Crippen LogP contribution >= 0.6 is 0 Å². The Bertz CT molecular complexity index is 863. The van der Waals surface area contributed by atoms with E-state index in [1.54, 1.807) is 12.1 Å². The predicted molar refractivity (Wildman–Crippen MR) is 101 cm³/mol. The average Bonchev–Trinajstić information content (AvgIpc) is 2.66. The SMILES string of the molecule is CC(=O)CCCC(=O)Nc1cc(CC2=C3NCCCC3C(=O)N=N2)ccc1F. The minimum atomic E-state index is -0.532. The maximum absolute atomic E-state index is 14.1. The number of piperidine rings is 1. The van der Waals surface area contributed by atoms with E-state index in [-0.39, 0.29) is 35.6 Å². The van der Waals surface area contributed by atoms with Gasteiger partial charge in [-0.05, 0) is 43.9 Å². The summed E-state index contributed by atoms with van der Waals surface area (Å²) in [5.74, 6) is -1.36. The molecular weight excluding hydrogens is 363 g/mol. The first-order valence-corrected chi connectivity index (χ1v) is 9.44. The summed E-state index contributed by atoms with van der Waals surface area (Å²) in [4.78, 5) is 34.9. The van der Waals surface area contributed by atoms with E-state index in [2.05, 4.69) is 20.9 Å². The standard InChI is InChI=1S/C20H23FN4O3/c1-12(26)4-2-6-18(27)23-16-10-13(7-8-15(16)21)11-17-19-14(5-3-9-22-19)20(28)25-24-17/h7-8,10,14,22H,2-6,9,11H2,1H3,(H,23,27). The van der Waals surface area contributed by atoms with E-state index in [9.17, 15) is 18.8 Å². The summed E-state index contributed by atoms with van der Waals surface area (Å²) < 4.78 is 14.1. The Balaban J connectivity index is 1.71. The molecule has 2 aliphatic rings. The van der Waals surface area contributed by atoms with Crippen LogP contribution < -0.4 is 10.6 Å². The quantitative estimate of drug-likeness (QED) is 0.751. The molecule has 2 N–H and O–H groups in total. The minimum absolute atomic E-state index is 0.0188. The van der Waals surface area contributed by atoms with E-state index in [4.69, 9.17) is 0 Å². The van der Waals surface area contributed by atoms with Crippen LogP contribution in [0.25, 0.3) is 0 Å². The van der Waals surface area contributed by atoms with E-state index in [0.717, 1.165) is 30.6 Å². The van der Waals surface area contributed by atoms with Gasteiger partial charge in [-0.1, -0.05) is 6.07 Å². The van der Waals surface area contributed by atoms with E-state index in [0.29, 0.717) is 25.0 Å². The lowest BCUT2D eigenvalue weighted by Gasteiger charge is -2.28. The van der Waals surface area contributed by atoms with Crippen molar-refractivity contribution in [2.24, 2.45) is 16.1 Å². The third-order valence-electron chi connectivity index (χ3n) is 4.82. The van der Waals surface area contributed by atoms with Crippen LogP contribution in [0, 0.1) is 11.7 Å². The summed E-state index contributed by atoms with van der Waals surface area (Å²) in [6.07, 6.45) is 2.93. The number of azo groups is 1. The monoisotopic (exact) mass is 386 g/mol. The van der Waals surface area contributed by atoms with Gasteiger partial charge in [0, 0.05) is 31.5 Å². The van der Waals surface area contributed by atoms with E-state index in [1.165, 1.54) is 13.0 Å². The molecule has 0 saturated carbocycles. The van der Waals surface area contributed by atoms with Gasteiger partial charge in [-0.3, -0.25) is 9.59 Å². The Morgan fingerprint density at radius 1 is 1.29 bits per heavy atom. The molecule has 1 fully saturated rings. The van der Waals surface area contributed by atoms with Gasteiger partial charge >= 0.3 is 0 Å². The van der Waals surface area contributed by atoms with Crippen molar-refractivity contribution < 1.29 is 18.8 Å². The number of allylic oxidation sites excluding steroid dienone is 1. The zero-order valence-corrected chi connectivity index (χ0v) is 15.8. The molecule has 3 rings (SSSR count). The summed E-state index contributed by atoms with van der Waals surface area (Å²) in [5.41, 5.74) is 2.30. The maximum Gasteiger partial charge on any atom is 0.273 e. The first-order valence-electron chi connectivity index (χ1n) is 9.44. The zero-order valence-electron chi connectivity index (χ0n) is 15.8. The summed E-state index contributed by atoms with van der Waals surface area (Å²) in [6.45, 7) is 2.25. The van der Waals surface area contributed by atoms with E-state index < -0.39 is 5.82 Å². The fourth-order valence-corrected chi connectivity index (χ4v) is 3.39. The van der Waals surface area contributed by atoms with Gasteiger partial charge in [0.2, 0.25) is 5.91 Å². The third kappa shape index (κ3) is 4.88. The molecule has 7 nitrogen and oxygen atoms in total. The molecule has 1 aromatic carbocycles. The Hall–Kier alpha value is -2.90. The molecule has 0 aromatic heterocycles. The fraction of sp³-hybridized carbons (Fsp3) is 0.450. The highest BCUT2D eigenvalue weighted by Crippen LogP contribution is 2.30. The second-order valence-corrected chi connectivity index (χ2v) is 7.11. The van der Waals surface area contributed by atoms with Gasteiger partial charge < -0.3 is 15.4 Å². The number of nitrogens with zero attached hydrogens (tertiary/aromatic N) is 2. The van der Waals surface area contributed by atoms with Gasteiger partial charge in [-0.2, -0.15) is 0 Å². The van der Waals surface area contributed by atoms with Crippen LogP contribution in [-0.2, 0) is 20.8 Å². The molecule has 1 unspecified atom stereocenters. The van der Waals surface area contributed by atoms with Crippen molar-refractivity contribution in [1.29, 1.82) is 0 Å². The van der Waals surface area contributed by atoms with Gasteiger partial charge in [0.25, 0.3) is 5.91 Å². The lowest BCUT2D eigenvalue weighted by atomic mass is 9.91. The van der Waals surface area contributed by atoms with Crippen LogP contribution in [0.5, 0.6) is 0 Å². The topological polar surface area (TPSA) is 100.0 Å². The Morgan fingerprint density at radius 2 is 2.11 bits per heavy atom. The lowest BCUT2D eigenvalue weighted by molar-refractivity contribution is -0.122.